The van der Waals surface area contributed by atoms with Crippen LogP contribution in [0.25, 0.3) is 0 Å². The summed E-state index contributed by atoms with van der Waals surface area (Å²) in [7, 11) is 0. The Morgan fingerprint density at radius 3 is 2.67 bits per heavy atom. The summed E-state index contributed by atoms with van der Waals surface area (Å²) in [5.74, 6) is 0.773. The number of hydrogen-bond acceptors (Lipinski definition) is 3. The maximum absolute atomic E-state index is 8.44. The van der Waals surface area contributed by atoms with Gasteiger partial charge in [-0.15, -0.1) is 11.8 Å². The number of thioether (sulfide) groups is 1. The van der Waals surface area contributed by atoms with Gasteiger partial charge in [-0.2, -0.15) is 5.26 Å². The summed E-state index contributed by atoms with van der Waals surface area (Å²) in [6.07, 6.45) is 0. The van der Waals surface area contributed by atoms with Crippen molar-refractivity contribution in [3.63, 3.8) is 0 Å². The molecule has 46 valence electrons. The highest BCUT2D eigenvalue weighted by atomic mass is 32.2. The fraction of sp³-hybridized carbons (Fsp3) is 0.167. The smallest absolute Gasteiger partial charge is 0.102 e. The Kier molecular flexibility index (Phi) is 1.50. The van der Waals surface area contributed by atoms with Gasteiger partial charge < -0.3 is 5.73 Å². The van der Waals surface area contributed by atoms with Gasteiger partial charge in [0.1, 0.15) is 6.07 Å². The third kappa shape index (κ3) is 0.936. The van der Waals surface area contributed by atoms with Crippen LogP contribution in [0.4, 0.5) is 0 Å². The molecule has 0 bridgehead atoms. The van der Waals surface area contributed by atoms with Crippen molar-refractivity contribution >= 4 is 11.8 Å². The van der Waals surface area contributed by atoms with E-state index in [9.17, 15) is 0 Å². The first kappa shape index (κ1) is 6.24. The molecule has 0 atom stereocenters. The van der Waals surface area contributed by atoms with E-state index in [1.54, 1.807) is 0 Å². The summed E-state index contributed by atoms with van der Waals surface area (Å²) < 4.78 is 0. The SMILES string of the molecule is C=C1CSC(N)=C1C#N. The zero-order valence-electron chi connectivity index (χ0n) is 4.85. The molecule has 1 aliphatic rings. The van der Waals surface area contributed by atoms with E-state index in [1.807, 2.05) is 6.07 Å². The van der Waals surface area contributed by atoms with Crippen LogP contribution >= 0.6 is 11.8 Å². The lowest BCUT2D eigenvalue weighted by Gasteiger charge is -1.86. The van der Waals surface area contributed by atoms with Gasteiger partial charge in [-0.1, -0.05) is 6.58 Å². The van der Waals surface area contributed by atoms with E-state index >= 15 is 0 Å². The van der Waals surface area contributed by atoms with Crippen LogP contribution in [-0.2, 0) is 0 Å². The normalized spacial score (nSPS) is 18.3. The molecule has 0 saturated carbocycles. The molecule has 0 amide bonds. The molecular formula is C6H6N2S. The minimum Gasteiger partial charge on any atom is -0.392 e. The molecule has 9 heavy (non-hydrogen) atoms. The van der Waals surface area contributed by atoms with Gasteiger partial charge in [-0.05, 0) is 5.57 Å². The maximum Gasteiger partial charge on any atom is 0.102 e. The third-order valence-electron chi connectivity index (χ3n) is 1.11. The van der Waals surface area contributed by atoms with Crippen LogP contribution in [0.15, 0.2) is 22.8 Å². The predicted molar refractivity (Wildman–Crippen MR) is 38.4 cm³/mol. The van der Waals surface area contributed by atoms with Crippen molar-refractivity contribution in [1.82, 2.24) is 0 Å². The molecule has 0 radical (unpaired) electrons. The van der Waals surface area contributed by atoms with E-state index in [-0.39, 0.29) is 0 Å². The van der Waals surface area contributed by atoms with Crippen molar-refractivity contribution in [3.8, 4) is 6.07 Å². The van der Waals surface area contributed by atoms with Crippen LogP contribution in [0.3, 0.4) is 0 Å². The van der Waals surface area contributed by atoms with Gasteiger partial charge >= 0.3 is 0 Å². The fourth-order valence-corrected chi connectivity index (χ4v) is 1.43. The second-order valence-electron chi connectivity index (χ2n) is 1.74. The number of hydrogen-bond donors (Lipinski definition) is 1. The minimum atomic E-state index is 0.569. The second-order valence-corrected chi connectivity index (χ2v) is 2.76. The van der Waals surface area contributed by atoms with Crippen LogP contribution in [-0.4, -0.2) is 5.75 Å². The largest absolute Gasteiger partial charge is 0.392 e. The van der Waals surface area contributed by atoms with Gasteiger partial charge in [0.2, 0.25) is 0 Å². The fourth-order valence-electron chi connectivity index (χ4n) is 0.618. The quantitative estimate of drug-likeness (QED) is 0.543. The number of nitriles is 1. The van der Waals surface area contributed by atoms with Crippen LogP contribution in [0.1, 0.15) is 0 Å². The molecule has 1 aliphatic heterocycles. The van der Waals surface area contributed by atoms with Gasteiger partial charge in [0.05, 0.1) is 10.6 Å². The van der Waals surface area contributed by atoms with Crippen molar-refractivity contribution in [2.45, 2.75) is 0 Å². The molecule has 0 aromatic carbocycles. The molecule has 1 rings (SSSR count). The lowest BCUT2D eigenvalue weighted by molar-refractivity contribution is 1.41. The Labute approximate surface area is 58.0 Å². The second kappa shape index (κ2) is 2.16. The van der Waals surface area contributed by atoms with Gasteiger partial charge in [-0.25, -0.2) is 0 Å². The zero-order valence-corrected chi connectivity index (χ0v) is 5.66. The molecule has 3 heteroatoms. The van der Waals surface area contributed by atoms with Crippen molar-refractivity contribution in [1.29, 1.82) is 5.26 Å². The van der Waals surface area contributed by atoms with E-state index in [0.717, 1.165) is 11.3 Å². The Morgan fingerprint density at radius 2 is 2.44 bits per heavy atom. The highest BCUT2D eigenvalue weighted by molar-refractivity contribution is 8.03. The van der Waals surface area contributed by atoms with Crippen LogP contribution in [0.5, 0.6) is 0 Å². The lowest BCUT2D eigenvalue weighted by Crippen LogP contribution is -1.90. The van der Waals surface area contributed by atoms with Gasteiger partial charge in [-0.3, -0.25) is 0 Å². The van der Waals surface area contributed by atoms with Gasteiger partial charge in [0.15, 0.2) is 0 Å². The van der Waals surface area contributed by atoms with E-state index in [1.165, 1.54) is 11.8 Å². The first-order valence-corrected chi connectivity index (χ1v) is 3.45. The van der Waals surface area contributed by atoms with Crippen LogP contribution in [0.2, 0.25) is 0 Å². The van der Waals surface area contributed by atoms with Crippen LogP contribution in [0, 0.1) is 11.3 Å². The summed E-state index contributed by atoms with van der Waals surface area (Å²) in [5.41, 5.74) is 6.86. The Hall–Kier alpha value is -0.880. The maximum atomic E-state index is 8.44. The average molecular weight is 138 g/mol. The summed E-state index contributed by atoms with van der Waals surface area (Å²) in [5, 5.41) is 9.06. The van der Waals surface area contributed by atoms with E-state index in [0.29, 0.717) is 10.6 Å². The molecule has 0 saturated heterocycles. The predicted octanol–water partition coefficient (Wildman–Crippen LogP) is 0.983. The number of nitrogens with zero attached hydrogens (tertiary/aromatic N) is 1. The monoisotopic (exact) mass is 138 g/mol. The van der Waals surface area contributed by atoms with Crippen molar-refractivity contribution in [2.75, 3.05) is 5.75 Å². The Balaban J connectivity index is 2.99. The number of rotatable bonds is 0. The average Bonchev–Trinajstić information content (AvgIpc) is 2.12. The topological polar surface area (TPSA) is 49.8 Å². The molecule has 0 aliphatic carbocycles. The molecule has 2 N–H and O–H groups in total. The summed E-state index contributed by atoms with van der Waals surface area (Å²) in [6, 6.07) is 2.00. The summed E-state index contributed by atoms with van der Waals surface area (Å²) >= 11 is 1.47. The standard InChI is InChI=1S/C6H6N2S/c1-4-3-9-6(8)5(4)2-7/h1,3,8H2. The van der Waals surface area contributed by atoms with Crippen molar-refractivity contribution in [3.05, 3.63) is 22.8 Å². The van der Waals surface area contributed by atoms with Gasteiger partial charge in [0.25, 0.3) is 0 Å². The van der Waals surface area contributed by atoms with Gasteiger partial charge in [0, 0.05) is 5.75 Å². The molecule has 0 spiro atoms. The van der Waals surface area contributed by atoms with Crippen LogP contribution < -0.4 is 5.73 Å². The molecule has 0 aromatic rings. The highest BCUT2D eigenvalue weighted by Gasteiger charge is 2.15. The minimum absolute atomic E-state index is 0.569. The Morgan fingerprint density at radius 1 is 1.78 bits per heavy atom. The molecule has 0 aromatic heterocycles. The van der Waals surface area contributed by atoms with E-state index in [2.05, 4.69) is 6.58 Å². The first-order chi connectivity index (χ1) is 4.25. The highest BCUT2D eigenvalue weighted by Crippen LogP contribution is 2.29. The first-order valence-electron chi connectivity index (χ1n) is 2.46. The molecule has 0 unspecified atom stereocenters. The molecule has 2 nitrogen and oxygen atoms in total. The summed E-state index contributed by atoms with van der Waals surface area (Å²) in [6.45, 7) is 3.68. The third-order valence-corrected chi connectivity index (χ3v) is 2.12. The molecule has 1 heterocycles. The van der Waals surface area contributed by atoms with Crippen molar-refractivity contribution in [2.24, 2.45) is 5.73 Å². The van der Waals surface area contributed by atoms with Crippen molar-refractivity contribution < 1.29 is 0 Å². The summed E-state index contributed by atoms with van der Waals surface area (Å²) in [4.78, 5) is 0. The van der Waals surface area contributed by atoms with E-state index < -0.39 is 0 Å². The number of nitrogens with two attached hydrogens (primary N) is 1. The molecular weight excluding hydrogens is 132 g/mol. The molecule has 0 fully saturated rings. The number of allylic oxidation sites excluding steroid dienone is 1. The lowest BCUT2D eigenvalue weighted by atomic mass is 10.2. The zero-order chi connectivity index (χ0) is 6.85. The Bertz CT molecular complexity index is 222. The van der Waals surface area contributed by atoms with E-state index in [4.69, 9.17) is 11.0 Å².